The van der Waals surface area contributed by atoms with Crippen molar-refractivity contribution in [2.45, 2.75) is 32.4 Å². The molecule has 0 amide bonds. The topological polar surface area (TPSA) is 77.4 Å². The number of rotatable bonds is 2. The Morgan fingerprint density at radius 1 is 1.50 bits per heavy atom. The van der Waals surface area contributed by atoms with E-state index in [0.29, 0.717) is 17.3 Å². The highest BCUT2D eigenvalue weighted by atomic mass is 16.5. The third kappa shape index (κ3) is 2.22. The monoisotopic (exact) mass is 250 g/mol. The molecule has 2 unspecified atom stereocenters. The van der Waals surface area contributed by atoms with E-state index in [2.05, 4.69) is 23.7 Å². The Bertz CT molecular complexity index is 437. The van der Waals surface area contributed by atoms with E-state index in [1.807, 2.05) is 0 Å². The molecular weight excluding hydrogens is 228 g/mol. The zero-order valence-corrected chi connectivity index (χ0v) is 11.3. The lowest BCUT2D eigenvalue weighted by Gasteiger charge is -2.46. The summed E-state index contributed by atoms with van der Waals surface area (Å²) < 4.78 is 5.68. The van der Waals surface area contributed by atoms with Crippen LogP contribution in [0, 0.1) is 5.92 Å². The number of methoxy groups -OCH3 is 1. The van der Waals surface area contributed by atoms with Crippen LogP contribution in [0.3, 0.4) is 0 Å². The number of hydrogen-bond donors (Lipinski definition) is 2. The smallest absolute Gasteiger partial charge is 0.154 e. The fourth-order valence-corrected chi connectivity index (χ4v) is 2.49. The molecule has 0 radical (unpaired) electrons. The molecule has 18 heavy (non-hydrogen) atoms. The average Bonchev–Trinajstić information content (AvgIpc) is 2.33. The third-order valence-corrected chi connectivity index (χ3v) is 3.78. The van der Waals surface area contributed by atoms with Gasteiger partial charge in [0.05, 0.1) is 17.6 Å². The highest BCUT2D eigenvalue weighted by molar-refractivity contribution is 5.67. The minimum Gasteiger partial charge on any atom is -0.397 e. The SMILES string of the molecule is COC1(C)CCC(C)CN1c1ncc(N)cc1N. The van der Waals surface area contributed by atoms with Gasteiger partial charge >= 0.3 is 0 Å². The molecule has 5 nitrogen and oxygen atoms in total. The van der Waals surface area contributed by atoms with Crippen LogP contribution in [0.4, 0.5) is 17.2 Å². The molecule has 1 aliphatic rings. The fourth-order valence-electron chi connectivity index (χ4n) is 2.49. The van der Waals surface area contributed by atoms with E-state index in [9.17, 15) is 0 Å². The van der Waals surface area contributed by atoms with Gasteiger partial charge in [0.2, 0.25) is 0 Å². The summed E-state index contributed by atoms with van der Waals surface area (Å²) in [5.41, 5.74) is 12.6. The minimum atomic E-state index is -0.344. The second-order valence-corrected chi connectivity index (χ2v) is 5.32. The van der Waals surface area contributed by atoms with Crippen molar-refractivity contribution in [3.05, 3.63) is 12.3 Å². The Hall–Kier alpha value is -1.49. The molecule has 2 atom stereocenters. The summed E-state index contributed by atoms with van der Waals surface area (Å²) in [5.74, 6) is 1.37. The molecule has 1 aliphatic heterocycles. The molecule has 2 rings (SSSR count). The number of hydrogen-bond acceptors (Lipinski definition) is 5. The Balaban J connectivity index is 2.38. The molecule has 1 fully saturated rings. The summed E-state index contributed by atoms with van der Waals surface area (Å²) >= 11 is 0. The second-order valence-electron chi connectivity index (χ2n) is 5.32. The van der Waals surface area contributed by atoms with Crippen LogP contribution in [0.5, 0.6) is 0 Å². The zero-order valence-electron chi connectivity index (χ0n) is 11.3. The number of anilines is 3. The molecule has 1 aromatic rings. The number of piperidine rings is 1. The van der Waals surface area contributed by atoms with Crippen LogP contribution in [0.25, 0.3) is 0 Å². The van der Waals surface area contributed by atoms with E-state index in [4.69, 9.17) is 16.2 Å². The molecule has 5 heteroatoms. The van der Waals surface area contributed by atoms with Gasteiger partial charge in [-0.2, -0.15) is 0 Å². The largest absolute Gasteiger partial charge is 0.397 e. The Morgan fingerprint density at radius 2 is 2.22 bits per heavy atom. The molecule has 0 aromatic carbocycles. The van der Waals surface area contributed by atoms with Crippen molar-refractivity contribution in [1.29, 1.82) is 0 Å². The van der Waals surface area contributed by atoms with Crippen molar-refractivity contribution in [3.63, 3.8) is 0 Å². The molecule has 1 saturated heterocycles. The summed E-state index contributed by atoms with van der Waals surface area (Å²) in [6.07, 6.45) is 3.76. The van der Waals surface area contributed by atoms with E-state index in [1.165, 1.54) is 0 Å². The van der Waals surface area contributed by atoms with Crippen LogP contribution in [0.15, 0.2) is 12.3 Å². The van der Waals surface area contributed by atoms with Gasteiger partial charge in [-0.15, -0.1) is 0 Å². The van der Waals surface area contributed by atoms with Gasteiger partial charge in [0, 0.05) is 13.7 Å². The van der Waals surface area contributed by atoms with Crippen molar-refractivity contribution in [2.24, 2.45) is 5.92 Å². The molecular formula is C13H22N4O. The number of nitrogen functional groups attached to an aromatic ring is 2. The molecule has 100 valence electrons. The quantitative estimate of drug-likeness (QED) is 0.837. The summed E-state index contributed by atoms with van der Waals surface area (Å²) in [6, 6.07) is 1.75. The van der Waals surface area contributed by atoms with Crippen LogP contribution in [0.2, 0.25) is 0 Å². The highest BCUT2D eigenvalue weighted by Gasteiger charge is 2.38. The van der Waals surface area contributed by atoms with Crippen LogP contribution in [-0.4, -0.2) is 24.4 Å². The van der Waals surface area contributed by atoms with Crippen LogP contribution < -0.4 is 16.4 Å². The van der Waals surface area contributed by atoms with Gasteiger partial charge in [0.25, 0.3) is 0 Å². The number of nitrogens with zero attached hydrogens (tertiary/aromatic N) is 2. The first kappa shape index (κ1) is 13.0. The van der Waals surface area contributed by atoms with Gasteiger partial charge in [-0.25, -0.2) is 4.98 Å². The Labute approximate surface area is 108 Å². The zero-order chi connectivity index (χ0) is 13.3. The van der Waals surface area contributed by atoms with Gasteiger partial charge in [-0.3, -0.25) is 0 Å². The van der Waals surface area contributed by atoms with Crippen LogP contribution in [0.1, 0.15) is 26.7 Å². The maximum Gasteiger partial charge on any atom is 0.154 e. The van der Waals surface area contributed by atoms with Crippen LogP contribution in [-0.2, 0) is 4.74 Å². The Kier molecular flexibility index (Phi) is 3.34. The first-order valence-electron chi connectivity index (χ1n) is 6.30. The van der Waals surface area contributed by atoms with Gasteiger partial charge in [-0.05, 0) is 31.7 Å². The molecule has 0 bridgehead atoms. The number of pyridine rings is 1. The molecule has 0 saturated carbocycles. The summed E-state index contributed by atoms with van der Waals surface area (Å²) in [6.45, 7) is 5.21. The third-order valence-electron chi connectivity index (χ3n) is 3.78. The lowest BCUT2D eigenvalue weighted by atomic mass is 9.92. The van der Waals surface area contributed by atoms with E-state index < -0.39 is 0 Å². The summed E-state index contributed by atoms with van der Waals surface area (Å²) in [5, 5.41) is 0. The maximum absolute atomic E-state index is 6.03. The van der Waals surface area contributed by atoms with Gasteiger partial charge < -0.3 is 21.1 Å². The Morgan fingerprint density at radius 3 is 2.83 bits per heavy atom. The molecule has 1 aromatic heterocycles. The van der Waals surface area contributed by atoms with Crippen molar-refractivity contribution in [3.8, 4) is 0 Å². The molecule has 0 spiro atoms. The van der Waals surface area contributed by atoms with Gasteiger partial charge in [0.15, 0.2) is 5.82 Å². The number of aromatic nitrogens is 1. The van der Waals surface area contributed by atoms with Gasteiger partial charge in [-0.1, -0.05) is 6.92 Å². The van der Waals surface area contributed by atoms with Crippen molar-refractivity contribution in [1.82, 2.24) is 4.98 Å². The van der Waals surface area contributed by atoms with Crippen molar-refractivity contribution < 1.29 is 4.74 Å². The number of ether oxygens (including phenoxy) is 1. The van der Waals surface area contributed by atoms with E-state index in [0.717, 1.165) is 25.2 Å². The lowest BCUT2D eigenvalue weighted by molar-refractivity contribution is -0.0236. The average molecular weight is 250 g/mol. The van der Waals surface area contributed by atoms with E-state index >= 15 is 0 Å². The second kappa shape index (κ2) is 4.65. The normalized spacial score (nSPS) is 28.4. The first-order valence-corrected chi connectivity index (χ1v) is 6.30. The van der Waals surface area contributed by atoms with E-state index in [-0.39, 0.29) is 5.72 Å². The van der Waals surface area contributed by atoms with Gasteiger partial charge in [0.1, 0.15) is 5.72 Å². The molecule has 4 N–H and O–H groups in total. The van der Waals surface area contributed by atoms with Crippen molar-refractivity contribution in [2.75, 3.05) is 30.0 Å². The minimum absolute atomic E-state index is 0.344. The maximum atomic E-state index is 6.03. The predicted octanol–water partition coefficient (Wildman–Crippen LogP) is 1.84. The number of nitrogens with two attached hydrogens (primary N) is 2. The van der Waals surface area contributed by atoms with E-state index in [1.54, 1.807) is 19.4 Å². The van der Waals surface area contributed by atoms with Crippen molar-refractivity contribution >= 4 is 17.2 Å². The predicted molar refractivity (Wildman–Crippen MR) is 74.2 cm³/mol. The first-order chi connectivity index (χ1) is 8.46. The summed E-state index contributed by atoms with van der Waals surface area (Å²) in [4.78, 5) is 6.52. The fraction of sp³-hybridized carbons (Fsp3) is 0.615. The lowest BCUT2D eigenvalue weighted by Crippen LogP contribution is -2.54. The molecule has 0 aliphatic carbocycles. The van der Waals surface area contributed by atoms with Crippen LogP contribution >= 0.6 is 0 Å². The highest BCUT2D eigenvalue weighted by Crippen LogP contribution is 2.37. The molecule has 2 heterocycles. The summed E-state index contributed by atoms with van der Waals surface area (Å²) in [7, 11) is 1.73. The standard InChI is InChI=1S/C13H22N4O/c1-9-4-5-13(2,18-3)17(8-9)12-11(15)6-10(14)7-16-12/h6-7,9H,4-5,8,14-15H2,1-3H3.